The van der Waals surface area contributed by atoms with Crippen molar-refractivity contribution < 1.29 is 9.32 Å². The largest absolute Gasteiger partial charge is 0.338 e. The van der Waals surface area contributed by atoms with Crippen LogP contribution in [0.5, 0.6) is 0 Å². The number of rotatable bonds is 5. The van der Waals surface area contributed by atoms with Gasteiger partial charge in [0, 0.05) is 24.6 Å². The Labute approximate surface area is 136 Å². The minimum Gasteiger partial charge on any atom is -0.338 e. The maximum absolute atomic E-state index is 11.3. The van der Waals surface area contributed by atoms with E-state index in [1.165, 1.54) is 6.92 Å². The summed E-state index contributed by atoms with van der Waals surface area (Å²) >= 11 is 0. The lowest BCUT2D eigenvalue weighted by Gasteiger charge is -2.14. The second-order valence-corrected chi connectivity index (χ2v) is 6.65. The Morgan fingerprint density at radius 3 is 2.61 bits per heavy atom. The first-order chi connectivity index (χ1) is 10.8. The molecule has 0 aliphatic heterocycles. The van der Waals surface area contributed by atoms with Gasteiger partial charge in [0.1, 0.15) is 0 Å². The minimum atomic E-state index is -0.139. The topological polar surface area (TPSA) is 80.0 Å². The summed E-state index contributed by atoms with van der Waals surface area (Å²) in [5.74, 6) is 1.17. The highest BCUT2D eigenvalue weighted by atomic mass is 16.5. The van der Waals surface area contributed by atoms with Gasteiger partial charge in [-0.15, -0.1) is 0 Å². The zero-order valence-electron chi connectivity index (χ0n) is 14.3. The fourth-order valence-corrected chi connectivity index (χ4v) is 2.05. The number of amides is 1. The van der Waals surface area contributed by atoms with Gasteiger partial charge in [-0.2, -0.15) is 4.98 Å². The number of anilines is 1. The fraction of sp³-hybridized carbons (Fsp3) is 0.471. The highest BCUT2D eigenvalue weighted by Gasteiger charge is 2.23. The smallest absolute Gasteiger partial charge is 0.243 e. The van der Waals surface area contributed by atoms with Gasteiger partial charge in [-0.3, -0.25) is 4.79 Å². The lowest BCUT2D eigenvalue weighted by Crippen LogP contribution is -2.20. The van der Waals surface area contributed by atoms with E-state index < -0.39 is 0 Å². The Balaban J connectivity index is 2.03. The van der Waals surface area contributed by atoms with E-state index in [1.807, 2.05) is 52.0 Å². The van der Waals surface area contributed by atoms with Gasteiger partial charge in [-0.05, 0) is 18.6 Å². The summed E-state index contributed by atoms with van der Waals surface area (Å²) < 4.78 is 5.34. The van der Waals surface area contributed by atoms with Gasteiger partial charge in [0.25, 0.3) is 0 Å². The number of nitrogens with zero attached hydrogens (tertiary/aromatic N) is 2. The molecule has 0 radical (unpaired) electrons. The van der Waals surface area contributed by atoms with E-state index >= 15 is 0 Å². The van der Waals surface area contributed by atoms with Crippen molar-refractivity contribution in [2.45, 2.75) is 52.6 Å². The first-order valence-corrected chi connectivity index (χ1v) is 7.70. The average molecular weight is 316 g/mol. The Bertz CT molecular complexity index is 673. The molecule has 1 aromatic heterocycles. The van der Waals surface area contributed by atoms with Crippen LogP contribution in [0, 0.1) is 0 Å². The molecule has 0 aliphatic carbocycles. The zero-order valence-corrected chi connectivity index (χ0v) is 14.3. The summed E-state index contributed by atoms with van der Waals surface area (Å²) in [7, 11) is 0. The molecule has 0 aliphatic rings. The normalized spacial score (nSPS) is 12.9. The van der Waals surface area contributed by atoms with Crippen molar-refractivity contribution in [1.29, 1.82) is 0 Å². The number of nitrogens with one attached hydrogen (secondary N) is 2. The maximum atomic E-state index is 11.3. The van der Waals surface area contributed by atoms with Crippen molar-refractivity contribution in [3.63, 3.8) is 0 Å². The van der Waals surface area contributed by atoms with E-state index in [0.717, 1.165) is 11.3 Å². The molecule has 0 spiro atoms. The molecule has 6 heteroatoms. The van der Waals surface area contributed by atoms with Crippen LogP contribution < -0.4 is 10.6 Å². The molecule has 2 rings (SSSR count). The van der Waals surface area contributed by atoms with Crippen LogP contribution in [-0.4, -0.2) is 16.0 Å². The van der Waals surface area contributed by atoms with Crippen molar-refractivity contribution in [1.82, 2.24) is 15.5 Å². The van der Waals surface area contributed by atoms with E-state index in [2.05, 4.69) is 20.8 Å². The van der Waals surface area contributed by atoms with Gasteiger partial charge in [0.05, 0.1) is 6.04 Å². The zero-order chi connectivity index (χ0) is 17.0. The number of para-hydroxylation sites is 1. The van der Waals surface area contributed by atoms with E-state index in [-0.39, 0.29) is 17.4 Å². The third-order valence-corrected chi connectivity index (χ3v) is 3.41. The summed E-state index contributed by atoms with van der Waals surface area (Å²) in [4.78, 5) is 15.7. The van der Waals surface area contributed by atoms with Crippen molar-refractivity contribution in [3.05, 3.63) is 41.5 Å². The SMILES string of the molecule is CC(=O)Nc1ccccc1CNC(C)c1nc(C(C)(C)C)no1. The lowest BCUT2D eigenvalue weighted by atomic mass is 9.96. The van der Waals surface area contributed by atoms with Crippen molar-refractivity contribution >= 4 is 11.6 Å². The highest BCUT2D eigenvalue weighted by molar-refractivity contribution is 5.89. The standard InChI is InChI=1S/C17H24N4O2/c1-11(15-20-16(21-23-15)17(3,4)5)18-10-13-8-6-7-9-14(13)19-12(2)22/h6-9,11,18H,10H2,1-5H3,(H,19,22). The second-order valence-electron chi connectivity index (χ2n) is 6.65. The summed E-state index contributed by atoms with van der Waals surface area (Å²) in [6, 6.07) is 7.61. The van der Waals surface area contributed by atoms with Gasteiger partial charge in [0.15, 0.2) is 5.82 Å². The van der Waals surface area contributed by atoms with Crippen LogP contribution in [0.3, 0.4) is 0 Å². The number of benzene rings is 1. The van der Waals surface area contributed by atoms with Gasteiger partial charge < -0.3 is 15.2 Å². The van der Waals surface area contributed by atoms with Gasteiger partial charge in [-0.25, -0.2) is 0 Å². The first kappa shape index (κ1) is 17.1. The molecule has 1 heterocycles. The minimum absolute atomic E-state index is 0.0796. The van der Waals surface area contributed by atoms with Crippen LogP contribution in [-0.2, 0) is 16.8 Å². The van der Waals surface area contributed by atoms with Crippen LogP contribution in [0.15, 0.2) is 28.8 Å². The van der Waals surface area contributed by atoms with Crippen LogP contribution >= 0.6 is 0 Å². The Kier molecular flexibility index (Phi) is 5.15. The van der Waals surface area contributed by atoms with Crippen LogP contribution in [0.1, 0.15) is 57.9 Å². The molecule has 23 heavy (non-hydrogen) atoms. The van der Waals surface area contributed by atoms with Gasteiger partial charge in [-0.1, -0.05) is 44.1 Å². The Hall–Kier alpha value is -2.21. The Morgan fingerprint density at radius 2 is 2.00 bits per heavy atom. The predicted octanol–water partition coefficient (Wildman–Crippen LogP) is 3.18. The molecule has 0 fully saturated rings. The number of hydrogen-bond donors (Lipinski definition) is 2. The molecule has 2 aromatic rings. The van der Waals surface area contributed by atoms with Crippen molar-refractivity contribution in [3.8, 4) is 0 Å². The highest BCUT2D eigenvalue weighted by Crippen LogP contribution is 2.21. The van der Waals surface area contributed by atoms with E-state index in [4.69, 9.17) is 4.52 Å². The lowest BCUT2D eigenvalue weighted by molar-refractivity contribution is -0.114. The summed E-state index contributed by atoms with van der Waals surface area (Å²) in [6.07, 6.45) is 0. The number of carbonyl (C=O) groups excluding carboxylic acids is 1. The van der Waals surface area contributed by atoms with Crippen LogP contribution in [0.25, 0.3) is 0 Å². The number of carbonyl (C=O) groups is 1. The van der Waals surface area contributed by atoms with E-state index in [9.17, 15) is 4.79 Å². The third kappa shape index (κ3) is 4.63. The molecule has 0 saturated heterocycles. The molecule has 1 amide bonds. The molecule has 2 N–H and O–H groups in total. The molecule has 1 atom stereocenters. The van der Waals surface area contributed by atoms with Crippen molar-refractivity contribution in [2.24, 2.45) is 0 Å². The number of aromatic nitrogens is 2. The maximum Gasteiger partial charge on any atom is 0.243 e. The quantitative estimate of drug-likeness (QED) is 0.885. The molecular weight excluding hydrogens is 292 g/mol. The Morgan fingerprint density at radius 1 is 1.30 bits per heavy atom. The second kappa shape index (κ2) is 6.91. The fourth-order valence-electron chi connectivity index (χ4n) is 2.05. The molecule has 124 valence electrons. The van der Waals surface area contributed by atoms with Crippen LogP contribution in [0.2, 0.25) is 0 Å². The monoisotopic (exact) mass is 316 g/mol. The molecule has 6 nitrogen and oxygen atoms in total. The van der Waals surface area contributed by atoms with Crippen LogP contribution in [0.4, 0.5) is 5.69 Å². The molecule has 1 aromatic carbocycles. The van der Waals surface area contributed by atoms with Gasteiger partial charge in [0.2, 0.25) is 11.8 Å². The first-order valence-electron chi connectivity index (χ1n) is 7.70. The third-order valence-electron chi connectivity index (χ3n) is 3.41. The average Bonchev–Trinajstić information content (AvgIpc) is 2.95. The van der Waals surface area contributed by atoms with Crippen molar-refractivity contribution in [2.75, 3.05) is 5.32 Å². The van der Waals surface area contributed by atoms with E-state index in [0.29, 0.717) is 18.3 Å². The summed E-state index contributed by atoms with van der Waals surface area (Å²) in [5, 5.41) is 10.2. The van der Waals surface area contributed by atoms with Gasteiger partial charge >= 0.3 is 0 Å². The molecular formula is C17H24N4O2. The molecule has 0 saturated carbocycles. The predicted molar refractivity (Wildman–Crippen MR) is 89.0 cm³/mol. The summed E-state index contributed by atoms with van der Waals surface area (Å²) in [5.41, 5.74) is 1.67. The number of hydrogen-bond acceptors (Lipinski definition) is 5. The summed E-state index contributed by atoms with van der Waals surface area (Å²) in [6.45, 7) is 10.2. The van der Waals surface area contributed by atoms with E-state index in [1.54, 1.807) is 0 Å². The molecule has 0 bridgehead atoms. The molecule has 1 unspecified atom stereocenters.